The number of carbonyl (C=O) groups excluding carboxylic acids is 1. The number of rotatable bonds is 4. The number of likely N-dealkylation sites (N-methyl/N-ethyl adjacent to an activating group) is 1. The molecule has 1 aromatic heterocycles. The highest BCUT2D eigenvalue weighted by molar-refractivity contribution is 6.32. The number of aromatic nitrogens is 1. The van der Waals surface area contributed by atoms with E-state index in [9.17, 15) is 4.79 Å². The van der Waals surface area contributed by atoms with E-state index in [2.05, 4.69) is 27.1 Å². The highest BCUT2D eigenvalue weighted by atomic mass is 35.5. The van der Waals surface area contributed by atoms with Crippen LogP contribution in [0.25, 0.3) is 0 Å². The van der Waals surface area contributed by atoms with Gasteiger partial charge in [0.25, 0.3) is 5.91 Å². The van der Waals surface area contributed by atoms with Gasteiger partial charge in [0.05, 0.1) is 17.7 Å². The highest BCUT2D eigenvalue weighted by Gasteiger charge is 2.16. The van der Waals surface area contributed by atoms with Crippen LogP contribution in [-0.4, -0.2) is 56.1 Å². The van der Waals surface area contributed by atoms with Crippen molar-refractivity contribution in [1.29, 1.82) is 0 Å². The Hall–Kier alpha value is -2.31. The zero-order valence-corrected chi connectivity index (χ0v) is 15.1. The first-order valence-electron chi connectivity index (χ1n) is 8.11. The van der Waals surface area contributed by atoms with E-state index in [-0.39, 0.29) is 5.91 Å². The maximum atomic E-state index is 12.4. The summed E-state index contributed by atoms with van der Waals surface area (Å²) in [6, 6.07) is 8.80. The van der Waals surface area contributed by atoms with Crippen LogP contribution in [0.3, 0.4) is 0 Å². The molecule has 0 aliphatic carbocycles. The summed E-state index contributed by atoms with van der Waals surface area (Å²) in [5, 5.41) is 3.26. The van der Waals surface area contributed by atoms with Crippen LogP contribution in [0.15, 0.2) is 36.5 Å². The maximum absolute atomic E-state index is 12.4. The Morgan fingerprint density at radius 1 is 1.20 bits per heavy atom. The molecule has 0 bridgehead atoms. The van der Waals surface area contributed by atoms with Crippen LogP contribution in [0.1, 0.15) is 10.4 Å². The quantitative estimate of drug-likeness (QED) is 0.908. The van der Waals surface area contributed by atoms with Crippen LogP contribution in [0.5, 0.6) is 5.75 Å². The van der Waals surface area contributed by atoms with Gasteiger partial charge in [-0.15, -0.1) is 0 Å². The van der Waals surface area contributed by atoms with Gasteiger partial charge in [-0.2, -0.15) is 0 Å². The van der Waals surface area contributed by atoms with Crippen molar-refractivity contribution in [3.8, 4) is 5.75 Å². The SMILES string of the molecule is COc1ccc(NC(=O)c2ccc(N3CCN(C)CC3)nc2)cc1Cl. The second-order valence-electron chi connectivity index (χ2n) is 6.00. The summed E-state index contributed by atoms with van der Waals surface area (Å²) in [5.74, 6) is 1.24. The van der Waals surface area contributed by atoms with Crippen molar-refractivity contribution in [3.05, 3.63) is 47.1 Å². The second kappa shape index (κ2) is 7.72. The summed E-state index contributed by atoms with van der Waals surface area (Å²) in [7, 11) is 3.66. The van der Waals surface area contributed by atoms with Crippen LogP contribution in [-0.2, 0) is 0 Å². The van der Waals surface area contributed by atoms with Crippen molar-refractivity contribution < 1.29 is 9.53 Å². The molecule has 1 aliphatic rings. The van der Waals surface area contributed by atoms with Gasteiger partial charge in [-0.1, -0.05) is 11.6 Å². The second-order valence-corrected chi connectivity index (χ2v) is 6.41. The third-order valence-corrected chi connectivity index (χ3v) is 4.54. The third kappa shape index (κ3) is 4.21. The average Bonchev–Trinajstić information content (AvgIpc) is 2.63. The lowest BCUT2D eigenvalue weighted by Gasteiger charge is -2.33. The molecule has 7 heteroatoms. The van der Waals surface area contributed by atoms with Crippen LogP contribution in [0, 0.1) is 0 Å². The van der Waals surface area contributed by atoms with E-state index in [1.165, 1.54) is 0 Å². The first kappa shape index (κ1) is 17.5. The summed E-state index contributed by atoms with van der Waals surface area (Å²) < 4.78 is 5.10. The summed E-state index contributed by atoms with van der Waals surface area (Å²) in [6.45, 7) is 3.92. The number of hydrogen-bond acceptors (Lipinski definition) is 5. The van der Waals surface area contributed by atoms with Gasteiger partial charge in [-0.3, -0.25) is 4.79 Å². The number of methoxy groups -OCH3 is 1. The van der Waals surface area contributed by atoms with E-state index in [0.29, 0.717) is 22.0 Å². The zero-order valence-electron chi connectivity index (χ0n) is 14.3. The van der Waals surface area contributed by atoms with E-state index < -0.39 is 0 Å². The molecule has 0 radical (unpaired) electrons. The average molecular weight is 361 g/mol. The number of halogens is 1. The molecule has 0 saturated carbocycles. The number of ether oxygens (including phenoxy) is 1. The fourth-order valence-corrected chi connectivity index (χ4v) is 2.95. The molecule has 132 valence electrons. The molecular formula is C18H21ClN4O2. The summed E-state index contributed by atoms with van der Waals surface area (Å²) in [4.78, 5) is 21.3. The van der Waals surface area contributed by atoms with Gasteiger partial charge >= 0.3 is 0 Å². The molecule has 0 atom stereocenters. The molecule has 1 saturated heterocycles. The number of anilines is 2. The van der Waals surface area contributed by atoms with Crippen molar-refractivity contribution >= 4 is 29.0 Å². The molecule has 2 heterocycles. The standard InChI is InChI=1S/C18H21ClN4O2/c1-22-7-9-23(10-8-22)17-6-3-13(12-20-17)18(24)21-14-4-5-16(25-2)15(19)11-14/h3-6,11-12H,7-10H2,1-2H3,(H,21,24). The highest BCUT2D eigenvalue weighted by Crippen LogP contribution is 2.27. The number of pyridine rings is 1. The van der Waals surface area contributed by atoms with Crippen molar-refractivity contribution in [2.75, 3.05) is 50.6 Å². The Kier molecular flexibility index (Phi) is 5.40. The van der Waals surface area contributed by atoms with Crippen LogP contribution in [0.4, 0.5) is 11.5 Å². The summed E-state index contributed by atoms with van der Waals surface area (Å²) in [5.41, 5.74) is 1.11. The van der Waals surface area contributed by atoms with Crippen LogP contribution < -0.4 is 15.0 Å². The number of amides is 1. The van der Waals surface area contributed by atoms with E-state index in [4.69, 9.17) is 16.3 Å². The predicted octanol–water partition coefficient (Wildman–Crippen LogP) is 2.75. The first-order valence-corrected chi connectivity index (χ1v) is 8.49. The third-order valence-electron chi connectivity index (χ3n) is 4.25. The molecule has 1 amide bonds. The molecule has 1 aliphatic heterocycles. The van der Waals surface area contributed by atoms with Crippen molar-refractivity contribution in [2.24, 2.45) is 0 Å². The molecule has 6 nitrogen and oxygen atoms in total. The van der Waals surface area contributed by atoms with Gasteiger partial charge < -0.3 is 19.9 Å². The Labute approximate surface area is 152 Å². The van der Waals surface area contributed by atoms with E-state index in [0.717, 1.165) is 32.0 Å². The van der Waals surface area contributed by atoms with Crippen molar-refractivity contribution in [2.45, 2.75) is 0 Å². The molecule has 1 aromatic carbocycles. The van der Waals surface area contributed by atoms with E-state index in [1.54, 1.807) is 37.6 Å². The molecule has 1 N–H and O–H groups in total. The normalized spacial score (nSPS) is 15.1. The maximum Gasteiger partial charge on any atom is 0.257 e. The fourth-order valence-electron chi connectivity index (χ4n) is 2.69. The first-order chi connectivity index (χ1) is 12.1. The van der Waals surface area contributed by atoms with Gasteiger partial charge in [0.15, 0.2) is 0 Å². The monoisotopic (exact) mass is 360 g/mol. The Morgan fingerprint density at radius 2 is 1.96 bits per heavy atom. The minimum absolute atomic E-state index is 0.223. The molecule has 0 unspecified atom stereocenters. The van der Waals surface area contributed by atoms with Gasteiger partial charge in [-0.05, 0) is 37.4 Å². The Bertz CT molecular complexity index is 743. The predicted molar refractivity (Wildman–Crippen MR) is 99.9 cm³/mol. The van der Waals surface area contributed by atoms with Gasteiger partial charge in [0, 0.05) is 38.1 Å². The Morgan fingerprint density at radius 3 is 2.56 bits per heavy atom. The smallest absolute Gasteiger partial charge is 0.257 e. The van der Waals surface area contributed by atoms with Gasteiger partial charge in [-0.25, -0.2) is 4.98 Å². The zero-order chi connectivity index (χ0) is 17.8. The van der Waals surface area contributed by atoms with Crippen LogP contribution in [0.2, 0.25) is 5.02 Å². The number of piperazine rings is 1. The molecule has 0 spiro atoms. The van der Waals surface area contributed by atoms with Crippen LogP contribution >= 0.6 is 11.6 Å². The van der Waals surface area contributed by atoms with E-state index in [1.807, 2.05) is 6.07 Å². The number of nitrogens with zero attached hydrogens (tertiary/aromatic N) is 3. The largest absolute Gasteiger partial charge is 0.495 e. The lowest BCUT2D eigenvalue weighted by molar-refractivity contribution is 0.102. The van der Waals surface area contributed by atoms with Crippen molar-refractivity contribution in [3.63, 3.8) is 0 Å². The lowest BCUT2D eigenvalue weighted by atomic mass is 10.2. The summed E-state index contributed by atoms with van der Waals surface area (Å²) >= 11 is 6.08. The molecule has 25 heavy (non-hydrogen) atoms. The minimum Gasteiger partial charge on any atom is -0.495 e. The lowest BCUT2D eigenvalue weighted by Crippen LogP contribution is -2.44. The molecule has 2 aromatic rings. The topological polar surface area (TPSA) is 57.7 Å². The molecular weight excluding hydrogens is 340 g/mol. The molecule has 1 fully saturated rings. The number of carbonyl (C=O) groups is 1. The van der Waals surface area contributed by atoms with Gasteiger partial charge in [0.2, 0.25) is 0 Å². The van der Waals surface area contributed by atoms with Gasteiger partial charge in [0.1, 0.15) is 11.6 Å². The Balaban J connectivity index is 1.65. The van der Waals surface area contributed by atoms with Crippen molar-refractivity contribution in [1.82, 2.24) is 9.88 Å². The van der Waals surface area contributed by atoms with E-state index >= 15 is 0 Å². The number of benzene rings is 1. The number of nitrogens with one attached hydrogen (secondary N) is 1. The molecule has 3 rings (SSSR count). The fraction of sp³-hybridized carbons (Fsp3) is 0.333. The minimum atomic E-state index is -0.223. The summed E-state index contributed by atoms with van der Waals surface area (Å²) in [6.07, 6.45) is 1.61. The number of hydrogen-bond donors (Lipinski definition) is 1.